The lowest BCUT2D eigenvalue weighted by Crippen LogP contribution is -2.36. The van der Waals surface area contributed by atoms with Crippen LogP contribution in [0.4, 0.5) is 4.39 Å². The number of hydrogen-bond acceptors (Lipinski definition) is 2. The van der Waals surface area contributed by atoms with Gasteiger partial charge in [-0.15, -0.1) is 0 Å². The first-order valence-electron chi connectivity index (χ1n) is 6.89. The van der Waals surface area contributed by atoms with Gasteiger partial charge in [0.15, 0.2) is 0 Å². The molecule has 1 aliphatic carbocycles. The van der Waals surface area contributed by atoms with Gasteiger partial charge in [0.25, 0.3) is 0 Å². The van der Waals surface area contributed by atoms with Gasteiger partial charge in [0.05, 0.1) is 5.60 Å². The van der Waals surface area contributed by atoms with Gasteiger partial charge >= 0.3 is 0 Å². The van der Waals surface area contributed by atoms with Crippen LogP contribution in [0.15, 0.2) is 18.2 Å². The zero-order valence-electron chi connectivity index (χ0n) is 11.1. The Labute approximate surface area is 118 Å². The summed E-state index contributed by atoms with van der Waals surface area (Å²) in [5, 5.41) is 11.2. The third-order valence-electron chi connectivity index (χ3n) is 4.30. The Morgan fingerprint density at radius 1 is 1.47 bits per heavy atom. The fourth-order valence-electron chi connectivity index (χ4n) is 3.28. The minimum atomic E-state index is -0.853. The van der Waals surface area contributed by atoms with Crippen molar-refractivity contribution in [3.63, 3.8) is 0 Å². The van der Waals surface area contributed by atoms with Gasteiger partial charge < -0.3 is 5.11 Å². The summed E-state index contributed by atoms with van der Waals surface area (Å²) >= 11 is 6.05. The summed E-state index contributed by atoms with van der Waals surface area (Å²) in [5.41, 5.74) is -0.412. The summed E-state index contributed by atoms with van der Waals surface area (Å²) in [4.78, 5) is 2.36. The smallest absolute Gasteiger partial charge is 0.127 e. The molecule has 2 fully saturated rings. The van der Waals surface area contributed by atoms with E-state index in [1.54, 1.807) is 12.1 Å². The van der Waals surface area contributed by atoms with E-state index in [4.69, 9.17) is 11.6 Å². The monoisotopic (exact) mass is 283 g/mol. The van der Waals surface area contributed by atoms with Crippen molar-refractivity contribution in [1.29, 1.82) is 0 Å². The highest BCUT2D eigenvalue weighted by Crippen LogP contribution is 2.39. The van der Waals surface area contributed by atoms with Gasteiger partial charge in [0, 0.05) is 35.6 Å². The number of benzene rings is 1. The summed E-state index contributed by atoms with van der Waals surface area (Å²) < 4.78 is 13.8. The van der Waals surface area contributed by atoms with Gasteiger partial charge in [-0.25, -0.2) is 4.39 Å². The number of nitrogens with zero attached hydrogens (tertiary/aromatic N) is 1. The van der Waals surface area contributed by atoms with Gasteiger partial charge in [0.2, 0.25) is 0 Å². The van der Waals surface area contributed by atoms with E-state index in [0.717, 1.165) is 0 Å². The highest BCUT2D eigenvalue weighted by molar-refractivity contribution is 6.31. The van der Waals surface area contributed by atoms with E-state index in [1.807, 2.05) is 0 Å². The Hall–Kier alpha value is -0.640. The number of likely N-dealkylation sites (tertiary alicyclic amines) is 1. The molecule has 2 unspecified atom stereocenters. The molecule has 0 spiro atoms. The standard InChI is InChI=1S/C15H19ClFNO/c1-10-7-15(19,9-18(10)11-5-6-11)8-12-13(16)3-2-4-14(12)17/h2-4,10-11,19H,5-9H2,1H3. The zero-order chi connectivity index (χ0) is 13.6. The summed E-state index contributed by atoms with van der Waals surface area (Å²) in [6, 6.07) is 5.67. The van der Waals surface area contributed by atoms with Crippen molar-refractivity contribution in [2.45, 2.75) is 50.3 Å². The van der Waals surface area contributed by atoms with Crippen LogP contribution >= 0.6 is 11.6 Å². The third kappa shape index (κ3) is 2.64. The molecule has 2 atom stereocenters. The molecule has 1 saturated carbocycles. The van der Waals surface area contributed by atoms with Crippen LogP contribution in [0.3, 0.4) is 0 Å². The van der Waals surface area contributed by atoms with E-state index in [-0.39, 0.29) is 5.82 Å². The molecule has 0 radical (unpaired) electrons. The minimum Gasteiger partial charge on any atom is -0.388 e. The predicted octanol–water partition coefficient (Wildman–Crippen LogP) is 3.01. The predicted molar refractivity (Wildman–Crippen MR) is 73.9 cm³/mol. The van der Waals surface area contributed by atoms with Crippen molar-refractivity contribution in [3.8, 4) is 0 Å². The number of hydrogen-bond donors (Lipinski definition) is 1. The molecule has 1 aromatic rings. The molecule has 104 valence electrons. The van der Waals surface area contributed by atoms with E-state index in [0.29, 0.717) is 42.1 Å². The molecular weight excluding hydrogens is 265 g/mol. The highest BCUT2D eigenvalue weighted by Gasteiger charge is 2.46. The molecular formula is C15H19ClFNO. The topological polar surface area (TPSA) is 23.5 Å². The fraction of sp³-hybridized carbons (Fsp3) is 0.600. The molecule has 0 bridgehead atoms. The van der Waals surface area contributed by atoms with Crippen LogP contribution in [-0.2, 0) is 6.42 Å². The first-order chi connectivity index (χ1) is 8.98. The van der Waals surface area contributed by atoms with Crippen molar-refractivity contribution in [1.82, 2.24) is 4.90 Å². The number of halogens is 2. The fourth-order valence-corrected chi connectivity index (χ4v) is 3.51. The average molecular weight is 284 g/mol. The molecule has 19 heavy (non-hydrogen) atoms. The van der Waals surface area contributed by atoms with Crippen molar-refractivity contribution in [2.24, 2.45) is 0 Å². The van der Waals surface area contributed by atoms with Gasteiger partial charge in [-0.3, -0.25) is 4.90 Å². The molecule has 0 aromatic heterocycles. The Bertz CT molecular complexity index is 471. The second-order valence-corrected chi connectivity index (χ2v) is 6.47. The lowest BCUT2D eigenvalue weighted by molar-refractivity contribution is 0.0479. The molecule has 1 heterocycles. The van der Waals surface area contributed by atoms with Crippen LogP contribution in [0, 0.1) is 5.82 Å². The van der Waals surface area contributed by atoms with E-state index < -0.39 is 5.60 Å². The van der Waals surface area contributed by atoms with Crippen LogP contribution < -0.4 is 0 Å². The number of aliphatic hydroxyl groups is 1. The second-order valence-electron chi connectivity index (χ2n) is 6.06. The Kier molecular flexibility index (Phi) is 3.32. The maximum Gasteiger partial charge on any atom is 0.127 e. The number of rotatable bonds is 3. The zero-order valence-corrected chi connectivity index (χ0v) is 11.8. The normalized spacial score (nSPS) is 31.9. The first kappa shape index (κ1) is 13.3. The lowest BCUT2D eigenvalue weighted by atomic mass is 9.92. The summed E-state index contributed by atoms with van der Waals surface area (Å²) in [7, 11) is 0. The largest absolute Gasteiger partial charge is 0.388 e. The van der Waals surface area contributed by atoms with Crippen molar-refractivity contribution >= 4 is 11.6 Å². The second kappa shape index (κ2) is 4.72. The van der Waals surface area contributed by atoms with E-state index in [2.05, 4.69) is 11.8 Å². The minimum absolute atomic E-state index is 0.298. The Morgan fingerprint density at radius 3 is 2.84 bits per heavy atom. The SMILES string of the molecule is CC1CC(O)(Cc2c(F)cccc2Cl)CN1C1CC1. The first-order valence-corrected chi connectivity index (χ1v) is 7.27. The maximum atomic E-state index is 13.8. The van der Waals surface area contributed by atoms with E-state index in [9.17, 15) is 9.50 Å². The molecule has 1 aromatic carbocycles. The highest BCUT2D eigenvalue weighted by atomic mass is 35.5. The van der Waals surface area contributed by atoms with Crippen molar-refractivity contribution in [3.05, 3.63) is 34.6 Å². The molecule has 1 N–H and O–H groups in total. The van der Waals surface area contributed by atoms with Crippen LogP contribution in [0.2, 0.25) is 5.02 Å². The molecule has 2 aliphatic rings. The van der Waals surface area contributed by atoms with E-state index in [1.165, 1.54) is 18.9 Å². The summed E-state index contributed by atoms with van der Waals surface area (Å²) in [6.07, 6.45) is 3.43. The molecule has 4 heteroatoms. The van der Waals surface area contributed by atoms with Gasteiger partial charge in [-0.1, -0.05) is 17.7 Å². The molecule has 1 saturated heterocycles. The lowest BCUT2D eigenvalue weighted by Gasteiger charge is -2.24. The molecule has 2 nitrogen and oxygen atoms in total. The third-order valence-corrected chi connectivity index (χ3v) is 4.66. The van der Waals surface area contributed by atoms with Crippen molar-refractivity contribution < 1.29 is 9.50 Å². The maximum absolute atomic E-state index is 13.8. The van der Waals surface area contributed by atoms with Crippen LogP contribution in [0.25, 0.3) is 0 Å². The molecule has 1 aliphatic heterocycles. The molecule has 0 amide bonds. The quantitative estimate of drug-likeness (QED) is 0.922. The summed E-state index contributed by atoms with van der Waals surface area (Å²) in [5.74, 6) is -0.321. The van der Waals surface area contributed by atoms with Gasteiger partial charge in [-0.2, -0.15) is 0 Å². The van der Waals surface area contributed by atoms with Crippen molar-refractivity contribution in [2.75, 3.05) is 6.54 Å². The van der Waals surface area contributed by atoms with Crippen LogP contribution in [0.1, 0.15) is 31.7 Å². The van der Waals surface area contributed by atoms with Gasteiger partial charge in [-0.05, 0) is 38.3 Å². The summed E-state index contributed by atoms with van der Waals surface area (Å²) in [6.45, 7) is 2.77. The molecule has 3 rings (SSSR count). The van der Waals surface area contributed by atoms with Crippen LogP contribution in [-0.4, -0.2) is 34.2 Å². The van der Waals surface area contributed by atoms with Gasteiger partial charge in [0.1, 0.15) is 5.82 Å². The Morgan fingerprint density at radius 2 is 2.21 bits per heavy atom. The number of β-amino-alcohol motifs (C(OH)–C–C–N with tert-alkyl or cyclic N) is 1. The van der Waals surface area contributed by atoms with E-state index >= 15 is 0 Å². The average Bonchev–Trinajstić information content (AvgIpc) is 3.11. The van der Waals surface area contributed by atoms with Crippen LogP contribution in [0.5, 0.6) is 0 Å². The Balaban J connectivity index is 1.79.